The number of fused-ring (bicyclic) bond motifs is 7. The van der Waals surface area contributed by atoms with E-state index in [1.54, 1.807) is 0 Å². The number of aromatic amines is 1. The molecule has 1 aliphatic carbocycles. The van der Waals surface area contributed by atoms with Crippen molar-refractivity contribution in [3.8, 4) is 11.1 Å². The number of para-hydroxylation sites is 1. The highest BCUT2D eigenvalue weighted by molar-refractivity contribution is 6.11. The highest BCUT2D eigenvalue weighted by Gasteiger charge is 2.42. The fraction of sp³-hybridized carbons (Fsp3) is 0.0769. The van der Waals surface area contributed by atoms with Crippen LogP contribution in [0, 0.1) is 0 Å². The normalized spacial score (nSPS) is 18.0. The number of rotatable bonds is 1. The van der Waals surface area contributed by atoms with Gasteiger partial charge < -0.3 is 4.98 Å². The van der Waals surface area contributed by atoms with Gasteiger partial charge in [-0.05, 0) is 40.8 Å². The third-order valence-corrected chi connectivity index (χ3v) is 6.29. The van der Waals surface area contributed by atoms with Crippen LogP contribution in [-0.2, 0) is 5.41 Å². The minimum absolute atomic E-state index is 0.173. The molecule has 0 saturated heterocycles. The van der Waals surface area contributed by atoms with E-state index in [2.05, 4.69) is 103 Å². The Morgan fingerprint density at radius 2 is 1.37 bits per heavy atom. The summed E-state index contributed by atoms with van der Waals surface area (Å²) in [5.74, 6) is 0. The fourth-order valence-electron chi connectivity index (χ4n) is 5.02. The molecule has 5 aromatic rings. The summed E-state index contributed by atoms with van der Waals surface area (Å²) in [5.41, 5.74) is 9.09. The zero-order chi connectivity index (χ0) is 18.0. The van der Waals surface area contributed by atoms with Crippen molar-refractivity contribution in [2.24, 2.45) is 0 Å². The molecule has 1 N–H and O–H groups in total. The molecule has 128 valence electrons. The van der Waals surface area contributed by atoms with Gasteiger partial charge in [-0.25, -0.2) is 0 Å². The monoisotopic (exact) mass is 345 g/mol. The van der Waals surface area contributed by atoms with Crippen LogP contribution in [0.2, 0.25) is 0 Å². The Bertz CT molecular complexity index is 1330. The summed E-state index contributed by atoms with van der Waals surface area (Å²) in [7, 11) is 0. The zero-order valence-electron chi connectivity index (χ0n) is 15.2. The van der Waals surface area contributed by atoms with Crippen LogP contribution in [0.3, 0.4) is 0 Å². The van der Waals surface area contributed by atoms with Gasteiger partial charge in [-0.2, -0.15) is 0 Å². The number of nitrogens with one attached hydrogen (secondary N) is 1. The number of hydrogen-bond donors (Lipinski definition) is 1. The summed E-state index contributed by atoms with van der Waals surface area (Å²) < 4.78 is 0. The van der Waals surface area contributed by atoms with E-state index in [4.69, 9.17) is 0 Å². The third-order valence-electron chi connectivity index (χ3n) is 6.29. The van der Waals surface area contributed by atoms with E-state index in [0.29, 0.717) is 0 Å². The number of hydrogen-bond acceptors (Lipinski definition) is 0. The van der Waals surface area contributed by atoms with E-state index >= 15 is 0 Å². The lowest BCUT2D eigenvalue weighted by molar-refractivity contribution is 0.719. The van der Waals surface area contributed by atoms with Crippen molar-refractivity contribution in [1.29, 1.82) is 0 Å². The Kier molecular flexibility index (Phi) is 2.80. The maximum absolute atomic E-state index is 3.74. The summed E-state index contributed by atoms with van der Waals surface area (Å²) in [6.07, 6.45) is 0. The molecule has 0 spiro atoms. The average molecular weight is 345 g/mol. The molecule has 0 radical (unpaired) electrons. The Morgan fingerprint density at radius 1 is 0.630 bits per heavy atom. The predicted molar refractivity (Wildman–Crippen MR) is 113 cm³/mol. The van der Waals surface area contributed by atoms with Crippen molar-refractivity contribution < 1.29 is 0 Å². The van der Waals surface area contributed by atoms with Crippen LogP contribution in [0.4, 0.5) is 0 Å². The maximum atomic E-state index is 3.74. The molecule has 1 atom stereocenters. The van der Waals surface area contributed by atoms with E-state index in [0.717, 1.165) is 0 Å². The van der Waals surface area contributed by atoms with Gasteiger partial charge in [-0.15, -0.1) is 0 Å². The molecule has 0 fully saturated rings. The van der Waals surface area contributed by atoms with Crippen molar-refractivity contribution in [2.45, 2.75) is 12.3 Å². The first kappa shape index (κ1) is 14.8. The van der Waals surface area contributed by atoms with Gasteiger partial charge in [0.15, 0.2) is 0 Å². The van der Waals surface area contributed by atoms with E-state index < -0.39 is 0 Å². The Hall–Kier alpha value is -3.32. The van der Waals surface area contributed by atoms with Gasteiger partial charge in [0, 0.05) is 21.7 Å². The Labute approximate surface area is 158 Å². The minimum Gasteiger partial charge on any atom is -0.354 e. The molecule has 4 aromatic carbocycles. The summed E-state index contributed by atoms with van der Waals surface area (Å²) in [5, 5.41) is 2.60. The average Bonchev–Trinajstić information content (AvgIpc) is 3.23. The van der Waals surface area contributed by atoms with Crippen molar-refractivity contribution in [3.63, 3.8) is 0 Å². The van der Waals surface area contributed by atoms with Gasteiger partial charge in [0.05, 0.1) is 5.52 Å². The lowest BCUT2D eigenvalue weighted by Crippen LogP contribution is -2.22. The van der Waals surface area contributed by atoms with Crippen LogP contribution in [0.1, 0.15) is 23.6 Å². The van der Waals surface area contributed by atoms with Crippen LogP contribution in [0.15, 0.2) is 91.0 Å². The lowest BCUT2D eigenvalue weighted by Gasteiger charge is -2.28. The van der Waals surface area contributed by atoms with Gasteiger partial charge in [0.2, 0.25) is 0 Å². The predicted octanol–water partition coefficient (Wildman–Crippen LogP) is 6.66. The van der Waals surface area contributed by atoms with E-state index in [9.17, 15) is 0 Å². The molecule has 27 heavy (non-hydrogen) atoms. The maximum Gasteiger partial charge on any atom is 0.0516 e. The summed E-state index contributed by atoms with van der Waals surface area (Å²) in [4.78, 5) is 3.74. The highest BCUT2D eigenvalue weighted by Crippen LogP contribution is 2.54. The molecule has 1 nitrogen and oxygen atoms in total. The lowest BCUT2D eigenvalue weighted by atomic mass is 9.74. The third kappa shape index (κ3) is 1.79. The van der Waals surface area contributed by atoms with Crippen LogP contribution in [-0.4, -0.2) is 4.98 Å². The van der Waals surface area contributed by atoms with Gasteiger partial charge in [-0.3, -0.25) is 0 Å². The fourth-order valence-corrected chi connectivity index (χ4v) is 5.02. The topological polar surface area (TPSA) is 15.8 Å². The van der Waals surface area contributed by atoms with Gasteiger partial charge in [0.1, 0.15) is 0 Å². The molecule has 1 heteroatoms. The molecule has 1 aliphatic rings. The second-order valence-corrected chi connectivity index (χ2v) is 7.62. The van der Waals surface area contributed by atoms with Crippen molar-refractivity contribution in [3.05, 3.63) is 108 Å². The summed E-state index contributed by atoms with van der Waals surface area (Å²) in [6, 6.07) is 32.9. The molecule has 0 saturated carbocycles. The number of H-pyrrole nitrogens is 1. The molecular weight excluding hydrogens is 326 g/mol. The Morgan fingerprint density at radius 3 is 2.26 bits per heavy atom. The minimum atomic E-state index is -0.173. The second-order valence-electron chi connectivity index (χ2n) is 7.62. The van der Waals surface area contributed by atoms with Gasteiger partial charge >= 0.3 is 0 Å². The first-order valence-corrected chi connectivity index (χ1v) is 9.48. The first-order valence-electron chi connectivity index (χ1n) is 9.48. The zero-order valence-corrected chi connectivity index (χ0v) is 15.2. The van der Waals surface area contributed by atoms with Crippen LogP contribution in [0.5, 0.6) is 0 Å². The van der Waals surface area contributed by atoms with Crippen molar-refractivity contribution in [1.82, 2.24) is 4.98 Å². The molecule has 0 aliphatic heterocycles. The van der Waals surface area contributed by atoms with E-state index in [1.165, 1.54) is 49.6 Å². The smallest absolute Gasteiger partial charge is 0.0516 e. The molecule has 0 bridgehead atoms. The number of benzene rings is 4. The van der Waals surface area contributed by atoms with Crippen LogP contribution < -0.4 is 0 Å². The van der Waals surface area contributed by atoms with Crippen molar-refractivity contribution in [2.75, 3.05) is 0 Å². The molecule has 1 unspecified atom stereocenters. The van der Waals surface area contributed by atoms with Crippen molar-refractivity contribution >= 4 is 21.8 Å². The highest BCUT2D eigenvalue weighted by atomic mass is 14.7. The molecule has 6 rings (SSSR count). The SMILES string of the molecule is CC1(c2ccccc2)c2ccccc2-c2ccc3c([nH]c4ccccc43)c21. The summed E-state index contributed by atoms with van der Waals surface area (Å²) in [6.45, 7) is 2.37. The molecular formula is C26H19N. The van der Waals surface area contributed by atoms with Crippen LogP contribution >= 0.6 is 0 Å². The first-order chi connectivity index (χ1) is 13.3. The van der Waals surface area contributed by atoms with E-state index in [-0.39, 0.29) is 5.41 Å². The van der Waals surface area contributed by atoms with Gasteiger partial charge in [-0.1, -0.05) is 84.9 Å². The van der Waals surface area contributed by atoms with Crippen LogP contribution in [0.25, 0.3) is 32.9 Å². The standard InChI is InChI=1S/C26H19N/c1-26(17-9-3-2-4-10-17)22-13-7-5-11-18(22)20-15-16-21-19-12-6-8-14-23(19)27-25(21)24(20)26/h2-16,27H,1H3. The molecule has 1 aromatic heterocycles. The number of aromatic nitrogens is 1. The second kappa shape index (κ2) is 5.11. The largest absolute Gasteiger partial charge is 0.354 e. The van der Waals surface area contributed by atoms with E-state index in [1.807, 2.05) is 0 Å². The summed E-state index contributed by atoms with van der Waals surface area (Å²) >= 11 is 0. The quantitative estimate of drug-likeness (QED) is 0.350. The van der Waals surface area contributed by atoms with Gasteiger partial charge in [0.25, 0.3) is 0 Å². The molecule has 1 heterocycles. The molecule has 0 amide bonds. The Balaban J connectivity index is 1.82.